The van der Waals surface area contributed by atoms with Crippen molar-refractivity contribution in [3.8, 4) is 0 Å². The van der Waals surface area contributed by atoms with Crippen molar-refractivity contribution < 1.29 is 18.3 Å². The second-order valence-electron chi connectivity index (χ2n) is 8.85. The number of hydrogen-bond donors (Lipinski definition) is 1. The summed E-state index contributed by atoms with van der Waals surface area (Å²) in [4.78, 5) is 12.5. The van der Waals surface area contributed by atoms with E-state index in [0.29, 0.717) is 19.4 Å². The van der Waals surface area contributed by atoms with Crippen LogP contribution in [-0.2, 0) is 9.53 Å². The zero-order chi connectivity index (χ0) is 19.6. The van der Waals surface area contributed by atoms with E-state index in [1.807, 2.05) is 20.8 Å². The smallest absolute Gasteiger partial charge is 0.323 e. The minimum Gasteiger partial charge on any atom is -0.459 e. The summed E-state index contributed by atoms with van der Waals surface area (Å²) in [5.74, 6) is -2.49. The van der Waals surface area contributed by atoms with Gasteiger partial charge in [0.2, 0.25) is 5.92 Å². The minimum atomic E-state index is -2.50. The van der Waals surface area contributed by atoms with Crippen LogP contribution < -0.4 is 5.32 Å². The molecule has 0 aromatic carbocycles. The second kappa shape index (κ2) is 11.2. The number of halogens is 2. The molecule has 0 amide bonds. The standard InChI is InChI=1S/C21H39F2NO2/c1-5-6-7-8-9-10-11-18(19(25)26-20(2,3)4)24-16-17-12-14-21(22,23)15-13-17/h17-18,24H,5-16H2,1-4H3. The highest BCUT2D eigenvalue weighted by Crippen LogP contribution is 2.35. The van der Waals surface area contributed by atoms with E-state index in [2.05, 4.69) is 12.2 Å². The Bertz CT molecular complexity index is 397. The zero-order valence-corrected chi connectivity index (χ0v) is 17.2. The fraction of sp³-hybridized carbons (Fsp3) is 0.952. The quantitative estimate of drug-likeness (QED) is 0.363. The normalized spacial score (nSPS) is 19.3. The molecule has 1 aliphatic rings. The Balaban J connectivity index is 2.42. The third kappa shape index (κ3) is 10.4. The molecule has 1 unspecified atom stereocenters. The van der Waals surface area contributed by atoms with Crippen molar-refractivity contribution in [1.29, 1.82) is 0 Å². The predicted octanol–water partition coefficient (Wildman–Crippen LogP) is 5.86. The zero-order valence-electron chi connectivity index (χ0n) is 17.2. The Kier molecular flexibility index (Phi) is 10.1. The molecule has 3 nitrogen and oxygen atoms in total. The van der Waals surface area contributed by atoms with E-state index in [1.54, 1.807) is 0 Å². The summed E-state index contributed by atoms with van der Waals surface area (Å²) >= 11 is 0. The molecule has 0 radical (unpaired) electrons. The minimum absolute atomic E-state index is 0.0338. The summed E-state index contributed by atoms with van der Waals surface area (Å²) in [6.07, 6.45) is 8.79. The van der Waals surface area contributed by atoms with Crippen LogP contribution in [0, 0.1) is 5.92 Å². The topological polar surface area (TPSA) is 38.3 Å². The maximum Gasteiger partial charge on any atom is 0.323 e. The van der Waals surface area contributed by atoms with E-state index < -0.39 is 11.5 Å². The molecule has 1 rings (SSSR count). The Labute approximate surface area is 158 Å². The number of hydrogen-bond acceptors (Lipinski definition) is 3. The van der Waals surface area contributed by atoms with Crippen LogP contribution in [0.5, 0.6) is 0 Å². The summed E-state index contributed by atoms with van der Waals surface area (Å²) in [7, 11) is 0. The van der Waals surface area contributed by atoms with E-state index in [-0.39, 0.29) is 30.8 Å². The molecule has 0 saturated heterocycles. The Morgan fingerprint density at radius 3 is 2.27 bits per heavy atom. The van der Waals surface area contributed by atoms with Crippen molar-refractivity contribution >= 4 is 5.97 Å². The SMILES string of the molecule is CCCCCCCCC(NCC1CCC(F)(F)CC1)C(=O)OC(C)(C)C. The number of rotatable bonds is 11. The highest BCUT2D eigenvalue weighted by atomic mass is 19.3. The summed E-state index contributed by atoms with van der Waals surface area (Å²) in [5, 5.41) is 3.32. The van der Waals surface area contributed by atoms with Crippen molar-refractivity contribution in [3.05, 3.63) is 0 Å². The average molecular weight is 376 g/mol. The van der Waals surface area contributed by atoms with Gasteiger partial charge in [0.05, 0.1) is 0 Å². The molecule has 1 atom stereocenters. The third-order valence-corrected chi connectivity index (χ3v) is 5.03. The number of alkyl halides is 2. The van der Waals surface area contributed by atoms with E-state index in [0.717, 1.165) is 19.3 Å². The molecular formula is C21H39F2NO2. The van der Waals surface area contributed by atoms with Gasteiger partial charge in [-0.05, 0) is 52.5 Å². The van der Waals surface area contributed by atoms with Gasteiger partial charge in [-0.15, -0.1) is 0 Å². The maximum atomic E-state index is 13.3. The van der Waals surface area contributed by atoms with Gasteiger partial charge >= 0.3 is 5.97 Å². The first-order valence-corrected chi connectivity index (χ1v) is 10.5. The molecule has 5 heteroatoms. The van der Waals surface area contributed by atoms with Crippen LogP contribution in [0.3, 0.4) is 0 Å². The van der Waals surface area contributed by atoms with E-state index >= 15 is 0 Å². The Morgan fingerprint density at radius 1 is 1.12 bits per heavy atom. The molecule has 1 fully saturated rings. The van der Waals surface area contributed by atoms with E-state index in [4.69, 9.17) is 4.74 Å². The van der Waals surface area contributed by atoms with Crippen LogP contribution >= 0.6 is 0 Å². The molecule has 0 aliphatic heterocycles. The van der Waals surface area contributed by atoms with Gasteiger partial charge in [-0.3, -0.25) is 4.79 Å². The van der Waals surface area contributed by atoms with Gasteiger partial charge in [-0.2, -0.15) is 0 Å². The molecule has 0 heterocycles. The average Bonchev–Trinajstić information content (AvgIpc) is 2.53. The molecular weight excluding hydrogens is 336 g/mol. The van der Waals surface area contributed by atoms with Crippen LogP contribution in [0.4, 0.5) is 8.78 Å². The molecule has 0 spiro atoms. The Morgan fingerprint density at radius 2 is 1.69 bits per heavy atom. The lowest BCUT2D eigenvalue weighted by atomic mass is 9.86. The number of nitrogens with one attached hydrogen (secondary N) is 1. The van der Waals surface area contributed by atoms with Crippen molar-refractivity contribution in [3.63, 3.8) is 0 Å². The van der Waals surface area contributed by atoms with Crippen LogP contribution in [0.15, 0.2) is 0 Å². The molecule has 1 N–H and O–H groups in total. The third-order valence-electron chi connectivity index (χ3n) is 5.03. The Hall–Kier alpha value is -0.710. The highest BCUT2D eigenvalue weighted by molar-refractivity contribution is 5.76. The summed E-state index contributed by atoms with van der Waals surface area (Å²) < 4.78 is 32.1. The van der Waals surface area contributed by atoms with E-state index in [9.17, 15) is 13.6 Å². The van der Waals surface area contributed by atoms with Crippen molar-refractivity contribution in [1.82, 2.24) is 5.32 Å². The van der Waals surface area contributed by atoms with Gasteiger partial charge in [0.25, 0.3) is 0 Å². The maximum absolute atomic E-state index is 13.3. The molecule has 1 saturated carbocycles. The molecule has 1 aliphatic carbocycles. The number of esters is 1. The number of unbranched alkanes of at least 4 members (excludes halogenated alkanes) is 5. The van der Waals surface area contributed by atoms with Crippen LogP contribution in [0.1, 0.15) is 98.3 Å². The van der Waals surface area contributed by atoms with Gasteiger partial charge in [0, 0.05) is 12.8 Å². The summed E-state index contributed by atoms with van der Waals surface area (Å²) in [6.45, 7) is 8.43. The number of carbonyl (C=O) groups excluding carboxylic acids is 1. The van der Waals surface area contributed by atoms with Crippen molar-refractivity contribution in [2.75, 3.05) is 6.54 Å². The highest BCUT2D eigenvalue weighted by Gasteiger charge is 2.35. The first kappa shape index (κ1) is 23.3. The summed E-state index contributed by atoms with van der Waals surface area (Å²) in [5.41, 5.74) is -0.509. The number of carbonyl (C=O) groups is 1. The molecule has 0 aromatic heterocycles. The fourth-order valence-electron chi connectivity index (χ4n) is 3.42. The van der Waals surface area contributed by atoms with Crippen LogP contribution in [0.25, 0.3) is 0 Å². The first-order valence-electron chi connectivity index (χ1n) is 10.5. The lowest BCUT2D eigenvalue weighted by molar-refractivity contribution is -0.157. The monoisotopic (exact) mass is 375 g/mol. The van der Waals surface area contributed by atoms with Crippen LogP contribution in [0.2, 0.25) is 0 Å². The molecule has 26 heavy (non-hydrogen) atoms. The molecule has 154 valence electrons. The fourth-order valence-corrected chi connectivity index (χ4v) is 3.42. The van der Waals surface area contributed by atoms with Gasteiger partial charge in [0.15, 0.2) is 0 Å². The van der Waals surface area contributed by atoms with Gasteiger partial charge in [0.1, 0.15) is 11.6 Å². The lowest BCUT2D eigenvalue weighted by Crippen LogP contribution is -2.44. The van der Waals surface area contributed by atoms with Crippen molar-refractivity contribution in [2.24, 2.45) is 5.92 Å². The second-order valence-corrected chi connectivity index (χ2v) is 8.85. The van der Waals surface area contributed by atoms with Gasteiger partial charge < -0.3 is 10.1 Å². The first-order chi connectivity index (χ1) is 12.1. The van der Waals surface area contributed by atoms with Gasteiger partial charge in [-0.25, -0.2) is 8.78 Å². The molecule has 0 bridgehead atoms. The van der Waals surface area contributed by atoms with E-state index in [1.165, 1.54) is 25.7 Å². The molecule has 0 aromatic rings. The largest absolute Gasteiger partial charge is 0.459 e. The predicted molar refractivity (Wildman–Crippen MR) is 103 cm³/mol. The van der Waals surface area contributed by atoms with Crippen molar-refractivity contribution in [2.45, 2.75) is 116 Å². The number of ether oxygens (including phenoxy) is 1. The summed E-state index contributed by atoms with van der Waals surface area (Å²) in [6, 6.07) is -0.331. The van der Waals surface area contributed by atoms with Gasteiger partial charge in [-0.1, -0.05) is 45.4 Å². The van der Waals surface area contributed by atoms with Crippen LogP contribution in [-0.4, -0.2) is 30.1 Å². The lowest BCUT2D eigenvalue weighted by Gasteiger charge is -2.30.